The highest BCUT2D eigenvalue weighted by Crippen LogP contribution is 2.17. The van der Waals surface area contributed by atoms with Gasteiger partial charge in [0.1, 0.15) is 5.75 Å². The zero-order chi connectivity index (χ0) is 25.9. The standard InChI is InChI=1S/C31H31N3O3/c1-23(25-10-6-3-7-11-25)33-31(36)26-12-14-27(15-13-26)32-22-30(35)34-28-16-18-29(19-17-28)37-21-20-24-8-4-2-5-9-24/h2-19,23,32H,20-22H2,1H3,(H,33,36)(H,34,35). The Balaban J connectivity index is 1.18. The van der Waals surface area contributed by atoms with Crippen molar-refractivity contribution in [3.63, 3.8) is 0 Å². The van der Waals surface area contributed by atoms with Crippen LogP contribution in [0.15, 0.2) is 109 Å². The minimum absolute atomic E-state index is 0.0925. The van der Waals surface area contributed by atoms with E-state index in [0.717, 1.165) is 23.4 Å². The topological polar surface area (TPSA) is 79.5 Å². The molecule has 188 valence electrons. The van der Waals surface area contributed by atoms with Gasteiger partial charge in [0.2, 0.25) is 5.91 Å². The molecule has 2 amide bonds. The summed E-state index contributed by atoms with van der Waals surface area (Å²) in [5.41, 5.74) is 4.29. The van der Waals surface area contributed by atoms with Gasteiger partial charge in [-0.1, -0.05) is 60.7 Å². The SMILES string of the molecule is CC(NC(=O)c1ccc(NCC(=O)Nc2ccc(OCCc3ccccc3)cc2)cc1)c1ccccc1. The molecule has 4 aromatic rings. The zero-order valence-corrected chi connectivity index (χ0v) is 20.8. The second-order valence-electron chi connectivity index (χ2n) is 8.69. The molecule has 1 atom stereocenters. The molecule has 0 aromatic heterocycles. The molecule has 0 spiro atoms. The van der Waals surface area contributed by atoms with Crippen molar-refractivity contribution in [1.82, 2.24) is 5.32 Å². The Morgan fingerprint density at radius 3 is 2.05 bits per heavy atom. The van der Waals surface area contributed by atoms with Crippen LogP contribution in [0, 0.1) is 0 Å². The van der Waals surface area contributed by atoms with Gasteiger partial charge in [-0.25, -0.2) is 0 Å². The maximum absolute atomic E-state index is 12.6. The van der Waals surface area contributed by atoms with Crippen molar-refractivity contribution in [3.8, 4) is 5.75 Å². The molecule has 0 bridgehead atoms. The quantitative estimate of drug-likeness (QED) is 0.245. The smallest absolute Gasteiger partial charge is 0.251 e. The normalized spacial score (nSPS) is 11.3. The second kappa shape index (κ2) is 12.9. The molecule has 0 saturated carbocycles. The number of carbonyl (C=O) groups is 2. The zero-order valence-electron chi connectivity index (χ0n) is 20.8. The highest BCUT2D eigenvalue weighted by atomic mass is 16.5. The van der Waals surface area contributed by atoms with Gasteiger partial charge in [-0.3, -0.25) is 9.59 Å². The fourth-order valence-electron chi connectivity index (χ4n) is 3.80. The van der Waals surface area contributed by atoms with Gasteiger partial charge in [0, 0.05) is 23.4 Å². The summed E-state index contributed by atoms with van der Waals surface area (Å²) >= 11 is 0. The van der Waals surface area contributed by atoms with Crippen LogP contribution >= 0.6 is 0 Å². The van der Waals surface area contributed by atoms with Crippen molar-refractivity contribution in [3.05, 3.63) is 126 Å². The van der Waals surface area contributed by atoms with Crippen LogP contribution in [0.1, 0.15) is 34.5 Å². The average Bonchev–Trinajstić information content (AvgIpc) is 2.94. The molecule has 3 N–H and O–H groups in total. The Morgan fingerprint density at radius 2 is 1.38 bits per heavy atom. The third-order valence-electron chi connectivity index (χ3n) is 5.89. The van der Waals surface area contributed by atoms with E-state index in [2.05, 4.69) is 28.1 Å². The van der Waals surface area contributed by atoms with E-state index in [1.807, 2.05) is 79.7 Å². The molecule has 0 aliphatic carbocycles. The third kappa shape index (κ3) is 7.97. The van der Waals surface area contributed by atoms with Crippen LogP contribution in [0.3, 0.4) is 0 Å². The minimum atomic E-state index is -0.170. The van der Waals surface area contributed by atoms with Crippen molar-refractivity contribution >= 4 is 23.2 Å². The van der Waals surface area contributed by atoms with E-state index in [-0.39, 0.29) is 24.4 Å². The summed E-state index contributed by atoms with van der Waals surface area (Å²) in [6, 6.07) is 34.3. The Bertz CT molecular complexity index is 1280. The number of anilines is 2. The second-order valence-corrected chi connectivity index (χ2v) is 8.69. The molecule has 0 heterocycles. The molecule has 4 aromatic carbocycles. The summed E-state index contributed by atoms with van der Waals surface area (Å²) in [6.45, 7) is 2.65. The number of ether oxygens (including phenoxy) is 1. The number of amides is 2. The van der Waals surface area contributed by atoms with Gasteiger partial charge < -0.3 is 20.7 Å². The summed E-state index contributed by atoms with van der Waals surface area (Å²) in [5.74, 6) is 0.443. The third-order valence-corrected chi connectivity index (χ3v) is 5.89. The first-order chi connectivity index (χ1) is 18.1. The van der Waals surface area contributed by atoms with E-state index in [4.69, 9.17) is 4.74 Å². The van der Waals surface area contributed by atoms with Crippen LogP contribution < -0.4 is 20.7 Å². The van der Waals surface area contributed by atoms with Gasteiger partial charge in [0.05, 0.1) is 19.2 Å². The minimum Gasteiger partial charge on any atom is -0.493 e. The number of hydrogen-bond acceptors (Lipinski definition) is 4. The molecule has 4 rings (SSSR count). The lowest BCUT2D eigenvalue weighted by atomic mass is 10.1. The molecule has 6 heteroatoms. The van der Waals surface area contributed by atoms with Crippen LogP contribution in [-0.2, 0) is 11.2 Å². The fraction of sp³-hybridized carbons (Fsp3) is 0.161. The fourth-order valence-corrected chi connectivity index (χ4v) is 3.80. The van der Waals surface area contributed by atoms with Gasteiger partial charge in [-0.05, 0) is 66.6 Å². The van der Waals surface area contributed by atoms with Gasteiger partial charge in [0.25, 0.3) is 5.91 Å². The Hall–Kier alpha value is -4.58. The average molecular weight is 494 g/mol. The summed E-state index contributed by atoms with van der Waals surface area (Å²) < 4.78 is 5.79. The molecule has 0 fully saturated rings. The van der Waals surface area contributed by atoms with Crippen molar-refractivity contribution in [2.75, 3.05) is 23.8 Å². The predicted molar refractivity (Wildman–Crippen MR) is 148 cm³/mol. The van der Waals surface area contributed by atoms with Crippen LogP contribution in [0.5, 0.6) is 5.75 Å². The summed E-state index contributed by atoms with van der Waals surface area (Å²) in [6.07, 6.45) is 0.837. The maximum atomic E-state index is 12.6. The molecule has 0 radical (unpaired) electrons. The van der Waals surface area contributed by atoms with Gasteiger partial charge >= 0.3 is 0 Å². The first kappa shape index (κ1) is 25.5. The Labute approximate surface area is 217 Å². The largest absolute Gasteiger partial charge is 0.493 e. The molecule has 37 heavy (non-hydrogen) atoms. The van der Waals surface area contributed by atoms with E-state index in [9.17, 15) is 9.59 Å². The number of benzene rings is 4. The summed E-state index contributed by atoms with van der Waals surface area (Å²) in [7, 11) is 0. The highest BCUT2D eigenvalue weighted by Gasteiger charge is 2.11. The van der Waals surface area contributed by atoms with E-state index < -0.39 is 0 Å². The van der Waals surface area contributed by atoms with Crippen molar-refractivity contribution < 1.29 is 14.3 Å². The molecular formula is C31H31N3O3. The Kier molecular flexibility index (Phi) is 8.92. The monoisotopic (exact) mass is 493 g/mol. The van der Waals surface area contributed by atoms with E-state index >= 15 is 0 Å². The molecule has 6 nitrogen and oxygen atoms in total. The number of carbonyl (C=O) groups excluding carboxylic acids is 2. The van der Waals surface area contributed by atoms with E-state index in [1.54, 1.807) is 24.3 Å². The van der Waals surface area contributed by atoms with Gasteiger partial charge in [-0.2, -0.15) is 0 Å². The lowest BCUT2D eigenvalue weighted by Crippen LogP contribution is -2.26. The number of nitrogens with one attached hydrogen (secondary N) is 3. The Morgan fingerprint density at radius 1 is 0.757 bits per heavy atom. The lowest BCUT2D eigenvalue weighted by molar-refractivity contribution is -0.114. The molecular weight excluding hydrogens is 462 g/mol. The van der Waals surface area contributed by atoms with Crippen molar-refractivity contribution in [2.45, 2.75) is 19.4 Å². The highest BCUT2D eigenvalue weighted by molar-refractivity contribution is 5.95. The van der Waals surface area contributed by atoms with Crippen LogP contribution in [0.25, 0.3) is 0 Å². The lowest BCUT2D eigenvalue weighted by Gasteiger charge is -2.14. The molecule has 0 aliphatic heterocycles. The van der Waals surface area contributed by atoms with Crippen LogP contribution in [0.4, 0.5) is 11.4 Å². The molecule has 1 unspecified atom stereocenters. The maximum Gasteiger partial charge on any atom is 0.251 e. The van der Waals surface area contributed by atoms with Crippen molar-refractivity contribution in [2.24, 2.45) is 0 Å². The summed E-state index contributed by atoms with van der Waals surface area (Å²) in [4.78, 5) is 24.9. The summed E-state index contributed by atoms with van der Waals surface area (Å²) in [5, 5.41) is 8.95. The molecule has 0 aliphatic rings. The first-order valence-corrected chi connectivity index (χ1v) is 12.3. The van der Waals surface area contributed by atoms with Gasteiger partial charge in [0.15, 0.2) is 0 Å². The van der Waals surface area contributed by atoms with E-state index in [1.165, 1.54) is 5.56 Å². The molecule has 0 saturated heterocycles. The number of rotatable bonds is 11. The van der Waals surface area contributed by atoms with Crippen LogP contribution in [0.2, 0.25) is 0 Å². The number of hydrogen-bond donors (Lipinski definition) is 3. The van der Waals surface area contributed by atoms with E-state index in [0.29, 0.717) is 17.9 Å². The van der Waals surface area contributed by atoms with Crippen molar-refractivity contribution in [1.29, 1.82) is 0 Å². The van der Waals surface area contributed by atoms with Crippen LogP contribution in [-0.4, -0.2) is 25.0 Å². The first-order valence-electron chi connectivity index (χ1n) is 12.3. The predicted octanol–water partition coefficient (Wildman–Crippen LogP) is 5.85. The van der Waals surface area contributed by atoms with Gasteiger partial charge in [-0.15, -0.1) is 0 Å².